The normalized spacial score (nSPS) is 10.5. The van der Waals surface area contributed by atoms with Crippen LogP contribution in [0.1, 0.15) is 17.5 Å². The van der Waals surface area contributed by atoms with Gasteiger partial charge >= 0.3 is 0 Å². The first-order valence-corrected chi connectivity index (χ1v) is 4.95. The van der Waals surface area contributed by atoms with Gasteiger partial charge in [0.1, 0.15) is 5.82 Å². The van der Waals surface area contributed by atoms with Crippen LogP contribution in [0.4, 0.5) is 4.39 Å². The molecule has 0 radical (unpaired) electrons. The highest BCUT2D eigenvalue weighted by Crippen LogP contribution is 2.12. The maximum absolute atomic E-state index is 13.2. The molecule has 0 spiro atoms. The molecule has 78 valence electrons. The van der Waals surface area contributed by atoms with Gasteiger partial charge in [0.15, 0.2) is 0 Å². The van der Waals surface area contributed by atoms with Crippen molar-refractivity contribution in [2.45, 2.75) is 19.3 Å². The summed E-state index contributed by atoms with van der Waals surface area (Å²) in [5, 5.41) is 0. The predicted octanol–water partition coefficient (Wildman–Crippen LogP) is 1.22. The summed E-state index contributed by atoms with van der Waals surface area (Å²) in [7, 11) is 0. The zero-order chi connectivity index (χ0) is 10.4. The Morgan fingerprint density at radius 1 is 1.07 bits per heavy atom. The Bertz CT molecular complexity index is 287. The molecule has 0 aliphatic rings. The molecule has 14 heavy (non-hydrogen) atoms. The Labute approximate surface area is 84.1 Å². The van der Waals surface area contributed by atoms with E-state index in [1.165, 1.54) is 6.07 Å². The lowest BCUT2D eigenvalue weighted by Gasteiger charge is -2.05. The number of benzene rings is 1. The second kappa shape index (κ2) is 5.73. The standard InChI is InChI=1S/C11H17FN2/c12-11-4-3-9(2-1-6-13)8-10(11)5-7-14/h3-4,8H,1-2,5-7,13-14H2. The summed E-state index contributed by atoms with van der Waals surface area (Å²) in [5.41, 5.74) is 12.7. The summed E-state index contributed by atoms with van der Waals surface area (Å²) in [6.07, 6.45) is 2.45. The lowest BCUT2D eigenvalue weighted by atomic mass is 10.0. The summed E-state index contributed by atoms with van der Waals surface area (Å²) >= 11 is 0. The first kappa shape index (κ1) is 11.1. The molecule has 0 amide bonds. The third-order valence-corrected chi connectivity index (χ3v) is 2.19. The Morgan fingerprint density at radius 2 is 1.86 bits per heavy atom. The molecular weight excluding hydrogens is 179 g/mol. The van der Waals surface area contributed by atoms with E-state index in [0.717, 1.165) is 18.4 Å². The van der Waals surface area contributed by atoms with Gasteiger partial charge in [0, 0.05) is 0 Å². The van der Waals surface area contributed by atoms with Crippen molar-refractivity contribution in [1.82, 2.24) is 0 Å². The third-order valence-electron chi connectivity index (χ3n) is 2.19. The van der Waals surface area contributed by atoms with Crippen molar-refractivity contribution >= 4 is 0 Å². The summed E-state index contributed by atoms with van der Waals surface area (Å²) in [6.45, 7) is 1.15. The van der Waals surface area contributed by atoms with E-state index in [4.69, 9.17) is 11.5 Å². The number of hydrogen-bond acceptors (Lipinski definition) is 2. The molecule has 0 aliphatic heterocycles. The van der Waals surface area contributed by atoms with Gasteiger partial charge in [-0.3, -0.25) is 0 Å². The Hall–Kier alpha value is -0.930. The lowest BCUT2D eigenvalue weighted by Crippen LogP contribution is -2.06. The lowest BCUT2D eigenvalue weighted by molar-refractivity contribution is 0.608. The molecule has 2 nitrogen and oxygen atoms in total. The second-order valence-corrected chi connectivity index (χ2v) is 3.36. The van der Waals surface area contributed by atoms with Crippen LogP contribution in [0.25, 0.3) is 0 Å². The largest absolute Gasteiger partial charge is 0.330 e. The zero-order valence-corrected chi connectivity index (χ0v) is 8.30. The third kappa shape index (κ3) is 3.09. The van der Waals surface area contributed by atoms with E-state index in [-0.39, 0.29) is 5.82 Å². The van der Waals surface area contributed by atoms with Crippen molar-refractivity contribution < 1.29 is 4.39 Å². The molecule has 0 atom stereocenters. The maximum Gasteiger partial charge on any atom is 0.126 e. The molecule has 0 aromatic heterocycles. The van der Waals surface area contributed by atoms with E-state index >= 15 is 0 Å². The van der Waals surface area contributed by atoms with E-state index < -0.39 is 0 Å². The molecule has 0 bridgehead atoms. The molecule has 0 saturated heterocycles. The Morgan fingerprint density at radius 3 is 2.50 bits per heavy atom. The first-order chi connectivity index (χ1) is 6.77. The molecule has 3 heteroatoms. The molecular formula is C11H17FN2. The minimum atomic E-state index is -0.160. The van der Waals surface area contributed by atoms with Crippen molar-refractivity contribution in [1.29, 1.82) is 0 Å². The molecule has 0 unspecified atom stereocenters. The van der Waals surface area contributed by atoms with Gasteiger partial charge in [-0.1, -0.05) is 12.1 Å². The number of halogens is 1. The molecule has 0 aliphatic carbocycles. The van der Waals surface area contributed by atoms with Crippen LogP contribution in [0.5, 0.6) is 0 Å². The summed E-state index contributed by atoms with van der Waals surface area (Å²) in [4.78, 5) is 0. The number of rotatable bonds is 5. The van der Waals surface area contributed by atoms with Crippen molar-refractivity contribution in [2.75, 3.05) is 13.1 Å². The van der Waals surface area contributed by atoms with E-state index in [9.17, 15) is 4.39 Å². The highest BCUT2D eigenvalue weighted by molar-refractivity contribution is 5.25. The van der Waals surface area contributed by atoms with Gasteiger partial charge in [0.25, 0.3) is 0 Å². The maximum atomic E-state index is 13.2. The van der Waals surface area contributed by atoms with Crippen LogP contribution in [0, 0.1) is 5.82 Å². The van der Waals surface area contributed by atoms with Crippen LogP contribution in [0.15, 0.2) is 18.2 Å². The molecule has 1 rings (SSSR count). The summed E-state index contributed by atoms with van der Waals surface area (Å²) < 4.78 is 13.2. The second-order valence-electron chi connectivity index (χ2n) is 3.36. The number of hydrogen-bond donors (Lipinski definition) is 2. The van der Waals surface area contributed by atoms with Crippen LogP contribution in [-0.4, -0.2) is 13.1 Å². The highest BCUT2D eigenvalue weighted by Gasteiger charge is 2.02. The Kier molecular flexibility index (Phi) is 4.56. The first-order valence-electron chi connectivity index (χ1n) is 4.95. The zero-order valence-electron chi connectivity index (χ0n) is 8.30. The fourth-order valence-electron chi connectivity index (χ4n) is 1.44. The monoisotopic (exact) mass is 196 g/mol. The summed E-state index contributed by atoms with van der Waals surface area (Å²) in [6, 6.07) is 5.21. The quantitative estimate of drug-likeness (QED) is 0.744. The van der Waals surface area contributed by atoms with Gasteiger partial charge in [-0.15, -0.1) is 0 Å². The van der Waals surface area contributed by atoms with E-state index in [1.807, 2.05) is 12.1 Å². The van der Waals surface area contributed by atoms with Gasteiger partial charge in [0.2, 0.25) is 0 Å². The van der Waals surface area contributed by atoms with Crippen molar-refractivity contribution in [2.24, 2.45) is 11.5 Å². The molecule has 1 aromatic rings. The van der Waals surface area contributed by atoms with Crippen LogP contribution in [0.2, 0.25) is 0 Å². The van der Waals surface area contributed by atoms with Crippen LogP contribution in [0.3, 0.4) is 0 Å². The molecule has 4 N–H and O–H groups in total. The molecule has 0 heterocycles. The fourth-order valence-corrected chi connectivity index (χ4v) is 1.44. The van der Waals surface area contributed by atoms with Crippen molar-refractivity contribution in [3.8, 4) is 0 Å². The summed E-state index contributed by atoms with van der Waals surface area (Å²) in [5.74, 6) is -0.160. The van der Waals surface area contributed by atoms with E-state index in [0.29, 0.717) is 25.1 Å². The molecule has 0 fully saturated rings. The van der Waals surface area contributed by atoms with Gasteiger partial charge in [-0.05, 0) is 49.5 Å². The average molecular weight is 196 g/mol. The van der Waals surface area contributed by atoms with E-state index in [2.05, 4.69) is 0 Å². The minimum absolute atomic E-state index is 0.160. The minimum Gasteiger partial charge on any atom is -0.330 e. The van der Waals surface area contributed by atoms with Gasteiger partial charge in [-0.25, -0.2) is 4.39 Å². The molecule has 1 aromatic carbocycles. The average Bonchev–Trinajstić information content (AvgIpc) is 2.19. The Balaban J connectivity index is 2.72. The predicted molar refractivity (Wildman–Crippen MR) is 56.5 cm³/mol. The van der Waals surface area contributed by atoms with E-state index in [1.54, 1.807) is 0 Å². The smallest absolute Gasteiger partial charge is 0.126 e. The molecule has 0 saturated carbocycles. The van der Waals surface area contributed by atoms with Crippen molar-refractivity contribution in [3.05, 3.63) is 35.1 Å². The van der Waals surface area contributed by atoms with Crippen LogP contribution >= 0.6 is 0 Å². The van der Waals surface area contributed by atoms with Gasteiger partial charge in [0.05, 0.1) is 0 Å². The van der Waals surface area contributed by atoms with Crippen LogP contribution in [-0.2, 0) is 12.8 Å². The van der Waals surface area contributed by atoms with Gasteiger partial charge < -0.3 is 11.5 Å². The topological polar surface area (TPSA) is 52.0 Å². The van der Waals surface area contributed by atoms with Crippen molar-refractivity contribution in [3.63, 3.8) is 0 Å². The van der Waals surface area contributed by atoms with Crippen LogP contribution < -0.4 is 11.5 Å². The van der Waals surface area contributed by atoms with Gasteiger partial charge in [-0.2, -0.15) is 0 Å². The fraction of sp³-hybridized carbons (Fsp3) is 0.455. The number of nitrogens with two attached hydrogens (primary N) is 2. The highest BCUT2D eigenvalue weighted by atomic mass is 19.1. The number of aryl methyl sites for hydroxylation is 1. The SMILES string of the molecule is NCCCc1ccc(F)c(CCN)c1.